The smallest absolute Gasteiger partial charge is 0.248 e. The van der Waals surface area contributed by atoms with E-state index in [-0.39, 0.29) is 12.3 Å². The maximum Gasteiger partial charge on any atom is 0.248 e. The number of benzene rings is 2. The van der Waals surface area contributed by atoms with Crippen molar-refractivity contribution in [2.24, 2.45) is 0 Å². The molecule has 2 aromatic heterocycles. The van der Waals surface area contributed by atoms with Crippen LogP contribution in [0.5, 0.6) is 5.75 Å². The third-order valence-corrected chi connectivity index (χ3v) is 5.31. The summed E-state index contributed by atoms with van der Waals surface area (Å²) in [4.78, 5) is 19.2. The van der Waals surface area contributed by atoms with Gasteiger partial charge in [-0.2, -0.15) is 5.26 Å². The van der Waals surface area contributed by atoms with Crippen LogP contribution in [-0.4, -0.2) is 53.3 Å². The van der Waals surface area contributed by atoms with Crippen LogP contribution in [0.25, 0.3) is 22.8 Å². The van der Waals surface area contributed by atoms with Crippen LogP contribution >= 0.6 is 0 Å². The number of pyridine rings is 1. The third-order valence-electron chi connectivity index (χ3n) is 5.31. The Labute approximate surface area is 214 Å². The number of nitrogens with one attached hydrogen (secondary N) is 1. The predicted molar refractivity (Wildman–Crippen MR) is 136 cm³/mol. The zero-order valence-corrected chi connectivity index (χ0v) is 20.4. The van der Waals surface area contributed by atoms with Gasteiger partial charge in [-0.25, -0.2) is 9.67 Å². The molecule has 10 heteroatoms. The Bertz CT molecular complexity index is 1390. The minimum atomic E-state index is -0.252. The van der Waals surface area contributed by atoms with Crippen LogP contribution < -0.4 is 10.3 Å². The molecule has 190 valence electrons. The van der Waals surface area contributed by atoms with E-state index in [9.17, 15) is 10.1 Å². The summed E-state index contributed by atoms with van der Waals surface area (Å²) in [5.74, 6) is 1.31. The van der Waals surface area contributed by atoms with Crippen molar-refractivity contribution >= 4 is 0 Å². The molecule has 0 aliphatic rings. The highest BCUT2D eigenvalue weighted by Crippen LogP contribution is 2.27. The lowest BCUT2D eigenvalue weighted by Gasteiger charge is -2.09. The Morgan fingerprint density at radius 1 is 0.973 bits per heavy atom. The van der Waals surface area contributed by atoms with Crippen molar-refractivity contribution in [1.29, 1.82) is 5.26 Å². The van der Waals surface area contributed by atoms with Crippen molar-refractivity contribution in [1.82, 2.24) is 19.7 Å². The number of rotatable bonds is 13. The monoisotopic (exact) mass is 501 g/mol. The SMILES string of the molecule is COCCOCCOc1ccc(-c2nc(-c3cc[nH]c(=O)c3)n(COCc3ccccc3)n2)cc1C#N. The Morgan fingerprint density at radius 2 is 1.81 bits per heavy atom. The standard InChI is InChI=1S/C27H27N5O5/c1-34-11-12-35-13-14-37-24-8-7-21(15-23(24)17-28)26-30-27(22-9-10-29-25(33)16-22)32(31-26)19-36-18-20-5-3-2-4-6-20/h2-10,15-16H,11-14,18-19H2,1H3,(H,29,33). The highest BCUT2D eigenvalue weighted by Gasteiger charge is 2.16. The van der Waals surface area contributed by atoms with Gasteiger partial charge in [-0.05, 0) is 29.8 Å². The summed E-state index contributed by atoms with van der Waals surface area (Å²) >= 11 is 0. The van der Waals surface area contributed by atoms with E-state index in [1.807, 2.05) is 30.3 Å². The Hall–Kier alpha value is -4.30. The molecule has 2 aromatic carbocycles. The number of H-pyrrole nitrogens is 1. The maximum atomic E-state index is 11.9. The number of nitriles is 1. The van der Waals surface area contributed by atoms with Crippen LogP contribution in [0.3, 0.4) is 0 Å². The lowest BCUT2D eigenvalue weighted by Crippen LogP contribution is -2.10. The summed E-state index contributed by atoms with van der Waals surface area (Å²) in [6.07, 6.45) is 1.56. The quantitative estimate of drug-likeness (QED) is 0.277. The Morgan fingerprint density at radius 3 is 2.59 bits per heavy atom. The van der Waals surface area contributed by atoms with E-state index in [1.165, 1.54) is 6.07 Å². The highest BCUT2D eigenvalue weighted by atomic mass is 16.5. The summed E-state index contributed by atoms with van der Waals surface area (Å²) < 4.78 is 23.5. The molecule has 0 fully saturated rings. The molecule has 4 aromatic rings. The molecule has 0 bridgehead atoms. The van der Waals surface area contributed by atoms with Crippen LogP contribution in [0, 0.1) is 11.3 Å². The van der Waals surface area contributed by atoms with Crippen LogP contribution in [0.1, 0.15) is 11.1 Å². The van der Waals surface area contributed by atoms with Gasteiger partial charge in [0.2, 0.25) is 5.56 Å². The average molecular weight is 502 g/mol. The molecule has 0 amide bonds. The molecule has 1 N–H and O–H groups in total. The molecule has 10 nitrogen and oxygen atoms in total. The first-order chi connectivity index (χ1) is 18.2. The van der Waals surface area contributed by atoms with Crippen molar-refractivity contribution in [3.05, 3.63) is 88.3 Å². The summed E-state index contributed by atoms with van der Waals surface area (Å²) in [7, 11) is 1.61. The molecule has 0 spiro atoms. The van der Waals surface area contributed by atoms with E-state index < -0.39 is 0 Å². The molecular formula is C27H27N5O5. The zero-order chi connectivity index (χ0) is 25.9. The number of hydrogen-bond donors (Lipinski definition) is 1. The third kappa shape index (κ3) is 7.11. The van der Waals surface area contributed by atoms with E-state index in [2.05, 4.69) is 21.1 Å². The van der Waals surface area contributed by atoms with Crippen molar-refractivity contribution in [3.8, 4) is 34.6 Å². The van der Waals surface area contributed by atoms with Crippen molar-refractivity contribution in [3.63, 3.8) is 0 Å². The maximum absolute atomic E-state index is 11.9. The fourth-order valence-electron chi connectivity index (χ4n) is 3.51. The Kier molecular flexibility index (Phi) is 9.15. The van der Waals surface area contributed by atoms with Crippen LogP contribution in [0.15, 0.2) is 71.7 Å². The zero-order valence-electron chi connectivity index (χ0n) is 20.4. The molecule has 0 aliphatic carbocycles. The molecular weight excluding hydrogens is 474 g/mol. The highest BCUT2D eigenvalue weighted by molar-refractivity contribution is 5.64. The normalized spacial score (nSPS) is 10.8. The fraction of sp³-hybridized carbons (Fsp3) is 0.259. The Balaban J connectivity index is 1.54. The van der Waals surface area contributed by atoms with Gasteiger partial charge in [0.05, 0.1) is 32.0 Å². The molecule has 4 rings (SSSR count). The van der Waals surface area contributed by atoms with Gasteiger partial charge >= 0.3 is 0 Å². The van der Waals surface area contributed by atoms with Gasteiger partial charge in [-0.1, -0.05) is 30.3 Å². The van der Waals surface area contributed by atoms with Crippen LogP contribution in [0.2, 0.25) is 0 Å². The second-order valence-electron chi connectivity index (χ2n) is 7.94. The minimum Gasteiger partial charge on any atom is -0.490 e. The van der Waals surface area contributed by atoms with Crippen molar-refractivity contribution in [2.75, 3.05) is 33.5 Å². The van der Waals surface area contributed by atoms with Gasteiger partial charge in [0.1, 0.15) is 25.2 Å². The van der Waals surface area contributed by atoms with E-state index in [0.717, 1.165) is 5.56 Å². The number of nitrogens with zero attached hydrogens (tertiary/aromatic N) is 4. The van der Waals surface area contributed by atoms with Gasteiger partial charge in [-0.3, -0.25) is 4.79 Å². The summed E-state index contributed by atoms with van der Waals surface area (Å²) in [5, 5.41) is 14.3. The van der Waals surface area contributed by atoms with Gasteiger partial charge < -0.3 is 23.9 Å². The minimum absolute atomic E-state index is 0.124. The molecule has 0 aliphatic heterocycles. The second kappa shape index (κ2) is 13.1. The fourth-order valence-corrected chi connectivity index (χ4v) is 3.51. The van der Waals surface area contributed by atoms with Gasteiger partial charge in [0.25, 0.3) is 0 Å². The van der Waals surface area contributed by atoms with Crippen molar-refractivity contribution < 1.29 is 18.9 Å². The molecule has 0 unspecified atom stereocenters. The van der Waals surface area contributed by atoms with Gasteiger partial charge in [-0.15, -0.1) is 5.10 Å². The van der Waals surface area contributed by atoms with Gasteiger partial charge in [0.15, 0.2) is 11.6 Å². The molecule has 0 atom stereocenters. The molecule has 0 saturated heterocycles. The topological polar surface area (TPSA) is 124 Å². The number of aromatic nitrogens is 4. The lowest BCUT2D eigenvalue weighted by atomic mass is 10.1. The van der Waals surface area contributed by atoms with Crippen molar-refractivity contribution in [2.45, 2.75) is 13.3 Å². The second-order valence-corrected chi connectivity index (χ2v) is 7.94. The first-order valence-corrected chi connectivity index (χ1v) is 11.7. The summed E-state index contributed by atoms with van der Waals surface area (Å²) in [6, 6.07) is 20.3. The number of hydrogen-bond acceptors (Lipinski definition) is 8. The van der Waals surface area contributed by atoms with E-state index in [0.29, 0.717) is 67.1 Å². The number of methoxy groups -OCH3 is 1. The lowest BCUT2D eigenvalue weighted by molar-refractivity contribution is 0.0544. The number of ether oxygens (including phenoxy) is 4. The van der Waals surface area contributed by atoms with E-state index in [4.69, 9.17) is 18.9 Å². The van der Waals surface area contributed by atoms with E-state index >= 15 is 0 Å². The van der Waals surface area contributed by atoms with E-state index in [1.54, 1.807) is 42.3 Å². The van der Waals surface area contributed by atoms with Crippen LogP contribution in [-0.2, 0) is 27.5 Å². The predicted octanol–water partition coefficient (Wildman–Crippen LogP) is 3.39. The molecule has 0 saturated carbocycles. The molecule has 2 heterocycles. The van der Waals surface area contributed by atoms with Gasteiger partial charge in [0, 0.05) is 30.5 Å². The molecule has 37 heavy (non-hydrogen) atoms. The first kappa shape index (κ1) is 25.8. The molecule has 0 radical (unpaired) electrons. The summed E-state index contributed by atoms with van der Waals surface area (Å²) in [5.41, 5.74) is 2.36. The average Bonchev–Trinajstić information content (AvgIpc) is 3.35. The summed E-state index contributed by atoms with van der Waals surface area (Å²) in [6.45, 7) is 2.18. The first-order valence-electron chi connectivity index (χ1n) is 11.7. The van der Waals surface area contributed by atoms with Crippen LogP contribution in [0.4, 0.5) is 0 Å². The number of aromatic amines is 1. The largest absolute Gasteiger partial charge is 0.490 e.